The molecule has 0 aliphatic rings. The van der Waals surface area contributed by atoms with Gasteiger partial charge in [0.25, 0.3) is 0 Å². The van der Waals surface area contributed by atoms with Crippen molar-refractivity contribution in [1.29, 1.82) is 0 Å². The molecule has 8 heavy (non-hydrogen) atoms. The van der Waals surface area contributed by atoms with Crippen molar-refractivity contribution in [2.75, 3.05) is 0 Å². The van der Waals surface area contributed by atoms with E-state index in [4.69, 9.17) is 9.11 Å². The van der Waals surface area contributed by atoms with Gasteiger partial charge in [-0.05, 0) is 0 Å². The molecule has 0 atom stereocenters. The third kappa shape index (κ3) is 9.93. The van der Waals surface area contributed by atoms with Gasteiger partial charge in [0.1, 0.15) is 0 Å². The Morgan fingerprint density at radius 1 is 1.12 bits per heavy atom. The van der Waals surface area contributed by atoms with E-state index in [1.165, 1.54) is 0 Å². The second-order valence-corrected chi connectivity index (χ2v) is 1.92. The van der Waals surface area contributed by atoms with Gasteiger partial charge in [-0.1, -0.05) is 0 Å². The van der Waals surface area contributed by atoms with Crippen molar-refractivity contribution < 1.29 is 40.6 Å². The minimum absolute atomic E-state index is 0. The molecule has 0 spiro atoms. The summed E-state index contributed by atoms with van der Waals surface area (Å²) in [6.45, 7) is 0. The van der Waals surface area contributed by atoms with Crippen LogP contribution in [0.3, 0.4) is 0 Å². The van der Waals surface area contributed by atoms with E-state index in [2.05, 4.69) is 3.63 Å². The molecule has 0 heterocycles. The molecule has 0 amide bonds. The summed E-state index contributed by atoms with van der Waals surface area (Å²) < 4.78 is 37.2. The van der Waals surface area contributed by atoms with Gasteiger partial charge in [-0.3, -0.25) is 9.11 Å². The van der Waals surface area contributed by atoms with Crippen LogP contribution in [0.4, 0.5) is 0 Å². The smallest absolute Gasteiger partial charge is 0.283 e. The maximum absolute atomic E-state index is 9.35. The van der Waals surface area contributed by atoms with Crippen LogP contribution in [-0.4, -0.2) is 17.5 Å². The Morgan fingerprint density at radius 3 is 1.38 bits per heavy atom. The van der Waals surface area contributed by atoms with Crippen molar-refractivity contribution in [2.24, 2.45) is 0 Å². The van der Waals surface area contributed by atoms with Crippen molar-refractivity contribution in [3.8, 4) is 0 Å². The van der Waals surface area contributed by atoms with E-state index < -0.39 is 22.7 Å². The Hall–Kier alpha value is 0.803. The molecule has 0 rings (SSSR count). The minimum Gasteiger partial charge on any atom is -0.283 e. The molecule has 0 aromatic carbocycles. The van der Waals surface area contributed by atoms with Gasteiger partial charge in [-0.2, -0.15) is 8.42 Å². The monoisotopic (exact) mass is 210 g/mol. The largest absolute Gasteiger partial charge is 0.317 e. The Balaban J connectivity index is 0. The first-order valence-electron chi connectivity index (χ1n) is 1.03. The van der Waals surface area contributed by atoms with E-state index >= 15 is 0 Å². The molecule has 0 aliphatic heterocycles. The Kier molecular flexibility index (Phi) is 8.59. The van der Waals surface area contributed by atoms with Gasteiger partial charge in [0.15, 0.2) is 0 Å². The molecule has 8 heteroatoms. The van der Waals surface area contributed by atoms with Gasteiger partial charge in [0.05, 0.1) is 0 Å². The van der Waals surface area contributed by atoms with E-state index in [1.807, 2.05) is 0 Å². The summed E-state index contributed by atoms with van der Waals surface area (Å²) >= 11 is -5.29. The van der Waals surface area contributed by atoms with Crippen LogP contribution in [0.1, 0.15) is 0 Å². The van der Waals surface area contributed by atoms with Crippen LogP contribution in [-0.2, 0) is 45.8 Å². The minimum atomic E-state index is -2.65. The Morgan fingerprint density at radius 2 is 1.38 bits per heavy atom. The van der Waals surface area contributed by atoms with Crippen LogP contribution in [0.5, 0.6) is 0 Å². The van der Waals surface area contributed by atoms with Crippen molar-refractivity contribution in [3.05, 3.63) is 0 Å². The quantitative estimate of drug-likeness (QED) is 0.465. The second kappa shape index (κ2) is 5.93. The van der Waals surface area contributed by atoms with Crippen molar-refractivity contribution >= 4 is 22.7 Å². The molecule has 0 aromatic heterocycles. The molecule has 2 N–H and O–H groups in total. The summed E-state index contributed by atoms with van der Waals surface area (Å²) in [4.78, 5) is 0. The number of hydrogen-bond acceptors (Lipinski definition) is 3. The topological polar surface area (TPSA) is 83.8 Å². The van der Waals surface area contributed by atoms with Gasteiger partial charge in [-0.25, -0.2) is 0 Å². The summed E-state index contributed by atoms with van der Waals surface area (Å²) in [5.41, 5.74) is 0. The van der Waals surface area contributed by atoms with Crippen molar-refractivity contribution in [3.63, 3.8) is 0 Å². The van der Waals surface area contributed by atoms with Crippen LogP contribution in [0.2, 0.25) is 0 Å². The summed E-state index contributed by atoms with van der Waals surface area (Å²) in [5, 5.41) is 0. The summed E-state index contributed by atoms with van der Waals surface area (Å²) in [7, 11) is 0. The molecular formula is H2O5S2Zn. The first kappa shape index (κ1) is 11.6. The third-order valence-corrected chi connectivity index (χ3v) is 1.05. The van der Waals surface area contributed by atoms with E-state index in [1.54, 1.807) is 0 Å². The van der Waals surface area contributed by atoms with E-state index in [-0.39, 0.29) is 19.5 Å². The summed E-state index contributed by atoms with van der Waals surface area (Å²) in [5.74, 6) is 0. The fourth-order valence-corrected chi connectivity index (χ4v) is 0.448. The SMILES string of the molecule is O=S(O)OS(=O)O.[Zn]. The molecule has 0 fully saturated rings. The van der Waals surface area contributed by atoms with Gasteiger partial charge < -0.3 is 0 Å². The van der Waals surface area contributed by atoms with Crippen LogP contribution in [0.25, 0.3) is 0 Å². The fourth-order valence-electron chi connectivity index (χ4n) is 0.0498. The fraction of sp³-hybridized carbons (Fsp3) is 0. The molecular weight excluding hydrogens is 210 g/mol. The van der Waals surface area contributed by atoms with Crippen molar-refractivity contribution in [2.45, 2.75) is 0 Å². The first-order valence-corrected chi connectivity index (χ1v) is 3.10. The zero-order valence-electron chi connectivity index (χ0n) is 3.64. The zero-order chi connectivity index (χ0) is 5.86. The van der Waals surface area contributed by atoms with Crippen molar-refractivity contribution in [1.82, 2.24) is 0 Å². The van der Waals surface area contributed by atoms with Crippen LogP contribution in [0.15, 0.2) is 0 Å². The molecule has 5 nitrogen and oxygen atoms in total. The molecule has 0 radical (unpaired) electrons. The van der Waals surface area contributed by atoms with E-state index in [0.29, 0.717) is 0 Å². The van der Waals surface area contributed by atoms with Crippen LogP contribution < -0.4 is 0 Å². The molecule has 0 aromatic rings. The van der Waals surface area contributed by atoms with Gasteiger partial charge >= 0.3 is 22.7 Å². The number of rotatable bonds is 2. The molecule has 0 bridgehead atoms. The van der Waals surface area contributed by atoms with Gasteiger partial charge in [0.2, 0.25) is 0 Å². The first-order chi connectivity index (χ1) is 3.13. The summed E-state index contributed by atoms with van der Waals surface area (Å²) in [6, 6.07) is 0. The third-order valence-electron chi connectivity index (χ3n) is 0.116. The molecule has 0 saturated carbocycles. The second-order valence-electron chi connectivity index (χ2n) is 0.502. The Labute approximate surface area is 63.5 Å². The van der Waals surface area contributed by atoms with Crippen LogP contribution in [0, 0.1) is 0 Å². The standard InChI is InChI=1S/H2O5S2.Zn/c1-6(2)5-7(3)4;/h(H,1,2)(H,3,4);. The predicted molar refractivity (Wildman–Crippen MR) is 22.6 cm³/mol. The van der Waals surface area contributed by atoms with E-state index in [9.17, 15) is 8.42 Å². The zero-order valence-corrected chi connectivity index (χ0v) is 8.24. The Bertz CT molecular complexity index is 86.6. The molecule has 0 aliphatic carbocycles. The van der Waals surface area contributed by atoms with Gasteiger partial charge in [-0.15, -0.1) is 3.63 Å². The number of hydrogen-bond donors (Lipinski definition) is 2. The van der Waals surface area contributed by atoms with E-state index in [0.717, 1.165) is 0 Å². The normalized spacial score (nSPS) is 16.2. The average molecular weight is 212 g/mol. The maximum Gasteiger partial charge on any atom is 0.317 e. The van der Waals surface area contributed by atoms with Gasteiger partial charge in [0, 0.05) is 19.5 Å². The molecule has 46 valence electrons. The maximum atomic E-state index is 9.35. The molecule has 0 unspecified atom stereocenters. The predicted octanol–water partition coefficient (Wildman–Crippen LogP) is -0.726. The molecule has 0 saturated heterocycles. The van der Waals surface area contributed by atoms with Crippen LogP contribution >= 0.6 is 0 Å². The average Bonchev–Trinajstić information content (AvgIpc) is 1.27. The summed E-state index contributed by atoms with van der Waals surface area (Å²) in [6.07, 6.45) is 0.